The maximum Gasteiger partial charge on any atom is 0.304 e. The topological polar surface area (TPSA) is 18.5 Å². The molecular formula is C10H24O2Si. The molecule has 0 aliphatic heterocycles. The van der Waals surface area contributed by atoms with Gasteiger partial charge in [-0.2, -0.15) is 0 Å². The smallest absolute Gasteiger partial charge is 0.304 e. The first-order chi connectivity index (χ1) is 5.71. The minimum Gasteiger partial charge on any atom is -0.398 e. The molecule has 0 amide bonds. The van der Waals surface area contributed by atoms with E-state index < -0.39 is 10.0 Å². The molecule has 0 radical (unpaired) electrons. The second kappa shape index (κ2) is 5.13. The Morgan fingerprint density at radius 1 is 0.769 bits per heavy atom. The summed E-state index contributed by atoms with van der Waals surface area (Å²) in [4.78, 5) is 0. The van der Waals surface area contributed by atoms with Gasteiger partial charge in [-0.1, -0.05) is 41.5 Å². The highest BCUT2D eigenvalue weighted by Crippen LogP contribution is 2.14. The monoisotopic (exact) mass is 204 g/mol. The Kier molecular flexibility index (Phi) is 5.18. The number of hydrogen-bond donors (Lipinski definition) is 0. The van der Waals surface area contributed by atoms with Crippen LogP contribution in [0, 0.1) is 10.8 Å². The van der Waals surface area contributed by atoms with Crippen LogP contribution in [0.4, 0.5) is 0 Å². The lowest BCUT2D eigenvalue weighted by Gasteiger charge is -2.21. The van der Waals surface area contributed by atoms with Crippen LogP contribution in [0.1, 0.15) is 41.5 Å². The molecule has 0 aliphatic rings. The standard InChI is InChI=1S/C10H24O2Si/c1-9(2,3)7-11-13-12-8-10(4,5)6/h7-8,13H2,1-6H3. The summed E-state index contributed by atoms with van der Waals surface area (Å²) < 4.78 is 11.0. The lowest BCUT2D eigenvalue weighted by molar-refractivity contribution is 0.129. The third-order valence-corrected chi connectivity index (χ3v) is 1.98. The van der Waals surface area contributed by atoms with Gasteiger partial charge in [-0.05, 0) is 10.8 Å². The molecule has 0 fully saturated rings. The lowest BCUT2D eigenvalue weighted by atomic mass is 9.99. The molecule has 0 aromatic heterocycles. The van der Waals surface area contributed by atoms with Gasteiger partial charge in [0.15, 0.2) is 0 Å². The summed E-state index contributed by atoms with van der Waals surface area (Å²) in [6, 6.07) is 0. The van der Waals surface area contributed by atoms with E-state index in [-0.39, 0.29) is 10.8 Å². The molecule has 0 aromatic carbocycles. The third kappa shape index (κ3) is 12.1. The number of hydrogen-bond acceptors (Lipinski definition) is 2. The molecule has 0 saturated carbocycles. The van der Waals surface area contributed by atoms with Crippen LogP contribution in [-0.2, 0) is 8.85 Å². The van der Waals surface area contributed by atoms with Gasteiger partial charge in [0.05, 0.1) is 0 Å². The molecule has 13 heavy (non-hydrogen) atoms. The molecule has 0 bridgehead atoms. The van der Waals surface area contributed by atoms with E-state index in [4.69, 9.17) is 8.85 Å². The summed E-state index contributed by atoms with van der Waals surface area (Å²) in [6.07, 6.45) is 0. The minimum absolute atomic E-state index is 0.262. The van der Waals surface area contributed by atoms with Gasteiger partial charge in [0.25, 0.3) is 0 Å². The number of rotatable bonds is 4. The molecule has 2 nitrogen and oxygen atoms in total. The largest absolute Gasteiger partial charge is 0.398 e. The quantitative estimate of drug-likeness (QED) is 0.516. The molecule has 80 valence electrons. The molecule has 0 atom stereocenters. The first kappa shape index (κ1) is 13.1. The first-order valence-electron chi connectivity index (χ1n) is 4.86. The van der Waals surface area contributed by atoms with Crippen LogP contribution in [0.15, 0.2) is 0 Å². The van der Waals surface area contributed by atoms with Crippen molar-refractivity contribution < 1.29 is 8.85 Å². The zero-order valence-corrected chi connectivity index (χ0v) is 11.4. The van der Waals surface area contributed by atoms with Crippen LogP contribution >= 0.6 is 0 Å². The Hall–Kier alpha value is 0.137. The van der Waals surface area contributed by atoms with E-state index in [1.54, 1.807) is 0 Å². The fourth-order valence-corrected chi connectivity index (χ4v) is 2.26. The van der Waals surface area contributed by atoms with Gasteiger partial charge in [0.2, 0.25) is 0 Å². The summed E-state index contributed by atoms with van der Waals surface area (Å²) >= 11 is 0. The van der Waals surface area contributed by atoms with Crippen molar-refractivity contribution in [2.75, 3.05) is 13.2 Å². The van der Waals surface area contributed by atoms with E-state index in [0.717, 1.165) is 13.2 Å². The van der Waals surface area contributed by atoms with Crippen molar-refractivity contribution >= 4 is 10.0 Å². The van der Waals surface area contributed by atoms with E-state index in [1.165, 1.54) is 0 Å². The van der Waals surface area contributed by atoms with E-state index in [9.17, 15) is 0 Å². The van der Waals surface area contributed by atoms with Crippen molar-refractivity contribution in [2.24, 2.45) is 10.8 Å². The second-order valence-electron chi connectivity index (χ2n) is 5.94. The van der Waals surface area contributed by atoms with E-state index in [1.807, 2.05) is 0 Å². The average Bonchev–Trinajstić information content (AvgIpc) is 1.81. The average molecular weight is 204 g/mol. The van der Waals surface area contributed by atoms with Gasteiger partial charge in [-0.15, -0.1) is 0 Å². The predicted molar refractivity (Wildman–Crippen MR) is 59.4 cm³/mol. The maximum absolute atomic E-state index is 5.51. The lowest BCUT2D eigenvalue weighted by Crippen LogP contribution is -2.21. The van der Waals surface area contributed by atoms with Crippen molar-refractivity contribution in [3.63, 3.8) is 0 Å². The third-order valence-electron chi connectivity index (χ3n) is 1.24. The second-order valence-corrected chi connectivity index (χ2v) is 6.99. The molecule has 0 rings (SSSR count). The van der Waals surface area contributed by atoms with E-state index >= 15 is 0 Å². The highest BCUT2D eigenvalue weighted by Gasteiger charge is 2.12. The molecule has 0 aromatic rings. The summed E-state index contributed by atoms with van der Waals surface area (Å²) in [5.74, 6) is 0. The molecule has 3 heteroatoms. The first-order valence-corrected chi connectivity index (χ1v) is 6.02. The van der Waals surface area contributed by atoms with Crippen LogP contribution < -0.4 is 0 Å². The Labute approximate surface area is 85.1 Å². The van der Waals surface area contributed by atoms with Crippen LogP contribution in [-0.4, -0.2) is 23.2 Å². The fraction of sp³-hybridized carbons (Fsp3) is 1.00. The Bertz CT molecular complexity index is 117. The van der Waals surface area contributed by atoms with Crippen LogP contribution in [0.25, 0.3) is 0 Å². The van der Waals surface area contributed by atoms with Crippen LogP contribution in [0.2, 0.25) is 0 Å². The Balaban J connectivity index is 3.28. The van der Waals surface area contributed by atoms with Gasteiger partial charge >= 0.3 is 10.0 Å². The van der Waals surface area contributed by atoms with Crippen molar-refractivity contribution in [3.8, 4) is 0 Å². The van der Waals surface area contributed by atoms with Crippen LogP contribution in [0.5, 0.6) is 0 Å². The molecule has 0 unspecified atom stereocenters. The maximum atomic E-state index is 5.51. The fourth-order valence-electron chi connectivity index (χ4n) is 0.755. The van der Waals surface area contributed by atoms with E-state index in [2.05, 4.69) is 41.5 Å². The summed E-state index contributed by atoms with van der Waals surface area (Å²) in [7, 11) is -0.748. The summed E-state index contributed by atoms with van der Waals surface area (Å²) in [5.41, 5.74) is 0.524. The highest BCUT2D eigenvalue weighted by molar-refractivity contribution is 6.17. The summed E-state index contributed by atoms with van der Waals surface area (Å²) in [5, 5.41) is 0. The minimum atomic E-state index is -0.748. The van der Waals surface area contributed by atoms with E-state index in [0.29, 0.717) is 0 Å². The zero-order valence-electron chi connectivity index (χ0n) is 9.94. The van der Waals surface area contributed by atoms with Gasteiger partial charge in [0.1, 0.15) is 0 Å². The molecule has 0 aliphatic carbocycles. The van der Waals surface area contributed by atoms with Gasteiger partial charge < -0.3 is 8.85 Å². The highest BCUT2D eigenvalue weighted by atomic mass is 28.3. The van der Waals surface area contributed by atoms with Gasteiger partial charge in [-0.25, -0.2) is 0 Å². The Morgan fingerprint density at radius 2 is 1.08 bits per heavy atom. The van der Waals surface area contributed by atoms with Crippen molar-refractivity contribution in [1.29, 1.82) is 0 Å². The SMILES string of the molecule is CC(C)(C)CO[SiH2]OCC(C)(C)C. The molecule has 0 N–H and O–H groups in total. The van der Waals surface area contributed by atoms with Gasteiger partial charge in [-0.3, -0.25) is 0 Å². The Morgan fingerprint density at radius 3 is 1.31 bits per heavy atom. The van der Waals surface area contributed by atoms with Crippen LogP contribution in [0.3, 0.4) is 0 Å². The molecule has 0 spiro atoms. The van der Waals surface area contributed by atoms with Crippen molar-refractivity contribution in [3.05, 3.63) is 0 Å². The zero-order chi connectivity index (χ0) is 10.5. The van der Waals surface area contributed by atoms with Crippen molar-refractivity contribution in [2.45, 2.75) is 41.5 Å². The molecular weight excluding hydrogens is 180 g/mol. The molecule has 0 saturated heterocycles. The predicted octanol–water partition coefficient (Wildman–Crippen LogP) is 2.11. The summed E-state index contributed by atoms with van der Waals surface area (Å²) in [6.45, 7) is 14.6. The van der Waals surface area contributed by atoms with Gasteiger partial charge in [0, 0.05) is 13.2 Å². The molecule has 0 heterocycles. The van der Waals surface area contributed by atoms with Crippen molar-refractivity contribution in [1.82, 2.24) is 0 Å². The normalized spacial score (nSPS) is 13.4.